The molecule has 174 valence electrons. The highest BCUT2D eigenvalue weighted by Gasteiger charge is 2.37. The number of fused-ring (bicyclic) bond motifs is 2. The summed E-state index contributed by atoms with van der Waals surface area (Å²) in [5.41, 5.74) is 3.87. The molecular formula is C29H25N3O3. The van der Waals surface area contributed by atoms with Crippen LogP contribution in [0.25, 0.3) is 0 Å². The Labute approximate surface area is 203 Å². The van der Waals surface area contributed by atoms with Gasteiger partial charge in [-0.3, -0.25) is 9.59 Å². The number of hydrogen-bond acceptors (Lipinski definition) is 6. The molecule has 4 N–H and O–H groups in total. The molecule has 1 aliphatic rings. The number of para-hydroxylation sites is 2. The molecule has 0 saturated heterocycles. The normalized spacial score (nSPS) is 12.0. The molecule has 35 heavy (non-hydrogen) atoms. The Balaban J connectivity index is 1.69. The summed E-state index contributed by atoms with van der Waals surface area (Å²) in [7, 11) is 0. The van der Waals surface area contributed by atoms with Crippen LogP contribution in [0.3, 0.4) is 0 Å². The lowest BCUT2D eigenvalue weighted by Gasteiger charge is -2.26. The third-order valence-corrected chi connectivity index (χ3v) is 5.97. The highest BCUT2D eigenvalue weighted by atomic mass is 16.3. The minimum atomic E-state index is -0.390. The molecule has 0 amide bonds. The Morgan fingerprint density at radius 2 is 1.06 bits per heavy atom. The first kappa shape index (κ1) is 22.2. The second-order valence-corrected chi connectivity index (χ2v) is 8.36. The van der Waals surface area contributed by atoms with Gasteiger partial charge in [0.1, 0.15) is 5.75 Å². The van der Waals surface area contributed by atoms with Crippen molar-refractivity contribution in [1.82, 2.24) is 0 Å². The maximum Gasteiger partial charge on any atom is 0.200 e. The number of rotatable bonds is 7. The molecule has 0 saturated carbocycles. The number of aromatic hydroxyl groups is 1. The Bertz CT molecular complexity index is 1420. The monoisotopic (exact) mass is 463 g/mol. The second kappa shape index (κ2) is 9.35. The van der Waals surface area contributed by atoms with Gasteiger partial charge in [0.2, 0.25) is 0 Å². The van der Waals surface area contributed by atoms with Gasteiger partial charge in [0.25, 0.3) is 0 Å². The van der Waals surface area contributed by atoms with Gasteiger partial charge in [-0.1, -0.05) is 43.3 Å². The van der Waals surface area contributed by atoms with Gasteiger partial charge in [-0.05, 0) is 55.0 Å². The van der Waals surface area contributed by atoms with Crippen LogP contribution >= 0.6 is 0 Å². The maximum absolute atomic E-state index is 14.1. The van der Waals surface area contributed by atoms with Crippen LogP contribution < -0.4 is 16.0 Å². The van der Waals surface area contributed by atoms with E-state index in [0.29, 0.717) is 23.6 Å². The van der Waals surface area contributed by atoms with Crippen molar-refractivity contribution < 1.29 is 14.7 Å². The second-order valence-electron chi connectivity index (χ2n) is 8.36. The lowest BCUT2D eigenvalue weighted by atomic mass is 9.80. The zero-order valence-corrected chi connectivity index (χ0v) is 19.3. The summed E-state index contributed by atoms with van der Waals surface area (Å²) < 4.78 is 0. The number of phenolic OH excluding ortho intramolecular Hbond substituents is 1. The molecular weight excluding hydrogens is 438 g/mol. The molecule has 0 unspecified atom stereocenters. The van der Waals surface area contributed by atoms with E-state index in [-0.39, 0.29) is 39.6 Å². The number of carbonyl (C=O) groups excluding carboxylic acids is 2. The van der Waals surface area contributed by atoms with Gasteiger partial charge in [0, 0.05) is 23.6 Å². The number of benzene rings is 4. The zero-order chi connectivity index (χ0) is 24.4. The molecule has 0 aliphatic heterocycles. The van der Waals surface area contributed by atoms with E-state index in [1.54, 1.807) is 12.1 Å². The average Bonchev–Trinajstić information content (AvgIpc) is 2.88. The van der Waals surface area contributed by atoms with Gasteiger partial charge in [-0.2, -0.15) is 0 Å². The van der Waals surface area contributed by atoms with E-state index in [9.17, 15) is 14.7 Å². The number of carbonyl (C=O) groups is 2. The summed E-state index contributed by atoms with van der Waals surface area (Å²) in [5, 5.41) is 20.5. The quantitative estimate of drug-likeness (QED) is 0.207. The number of phenols is 1. The van der Waals surface area contributed by atoms with Crippen LogP contribution in [-0.2, 0) is 0 Å². The van der Waals surface area contributed by atoms with Gasteiger partial charge >= 0.3 is 0 Å². The van der Waals surface area contributed by atoms with E-state index < -0.39 is 0 Å². The standard InChI is InChI=1S/C29H25N3O3/c1-2-17-30-20-13-14-21(31-18-9-5-3-6-10-18)25-24(20)29(35)27-23(33)16-15-22(26(27)28(25)34)32-19-11-7-4-8-12-19/h3-16,30-33H,2,17H2,1H3. The minimum Gasteiger partial charge on any atom is -0.507 e. The molecule has 0 fully saturated rings. The van der Waals surface area contributed by atoms with Crippen molar-refractivity contribution in [2.24, 2.45) is 0 Å². The Morgan fingerprint density at radius 1 is 0.600 bits per heavy atom. The molecule has 6 nitrogen and oxygen atoms in total. The lowest BCUT2D eigenvalue weighted by Crippen LogP contribution is -2.25. The van der Waals surface area contributed by atoms with Crippen molar-refractivity contribution in [1.29, 1.82) is 0 Å². The summed E-state index contributed by atoms with van der Waals surface area (Å²) in [4.78, 5) is 27.9. The van der Waals surface area contributed by atoms with Crippen LogP contribution in [0.5, 0.6) is 5.75 Å². The van der Waals surface area contributed by atoms with Crippen LogP contribution in [0.1, 0.15) is 45.2 Å². The Hall–Kier alpha value is -4.58. The van der Waals surface area contributed by atoms with Crippen LogP contribution in [0.15, 0.2) is 84.9 Å². The maximum atomic E-state index is 14.1. The first-order valence-corrected chi connectivity index (χ1v) is 11.6. The lowest BCUT2D eigenvalue weighted by molar-refractivity contribution is 0.0978. The van der Waals surface area contributed by atoms with Gasteiger partial charge in [-0.25, -0.2) is 0 Å². The van der Waals surface area contributed by atoms with E-state index in [1.807, 2.05) is 73.7 Å². The predicted octanol–water partition coefficient (Wildman–Crippen LogP) is 6.48. The molecule has 0 atom stereocenters. The SMILES string of the molecule is CCCNc1ccc(Nc2ccccc2)c2c1C(=O)c1c(O)ccc(Nc3ccccc3)c1C2=O. The number of hydrogen-bond donors (Lipinski definition) is 4. The largest absolute Gasteiger partial charge is 0.507 e. The van der Waals surface area contributed by atoms with Crippen molar-refractivity contribution in [2.45, 2.75) is 13.3 Å². The van der Waals surface area contributed by atoms with Crippen LogP contribution in [0.4, 0.5) is 28.4 Å². The molecule has 6 heteroatoms. The van der Waals surface area contributed by atoms with E-state index in [2.05, 4.69) is 16.0 Å². The number of nitrogens with one attached hydrogen (secondary N) is 3. The smallest absolute Gasteiger partial charge is 0.200 e. The Kier molecular flexibility index (Phi) is 5.94. The molecule has 0 heterocycles. The number of anilines is 5. The summed E-state index contributed by atoms with van der Waals surface area (Å²) in [5.74, 6) is -0.938. The van der Waals surface area contributed by atoms with Crippen molar-refractivity contribution in [3.05, 3.63) is 107 Å². The average molecular weight is 464 g/mol. The summed E-state index contributed by atoms with van der Waals surface area (Å²) in [6, 6.07) is 25.6. The third-order valence-electron chi connectivity index (χ3n) is 5.97. The van der Waals surface area contributed by atoms with E-state index >= 15 is 0 Å². The van der Waals surface area contributed by atoms with Crippen molar-refractivity contribution in [3.8, 4) is 5.75 Å². The summed E-state index contributed by atoms with van der Waals surface area (Å²) >= 11 is 0. The summed E-state index contributed by atoms with van der Waals surface area (Å²) in [6.45, 7) is 2.67. The highest BCUT2D eigenvalue weighted by Crippen LogP contribution is 2.43. The molecule has 4 aromatic carbocycles. The van der Waals surface area contributed by atoms with E-state index in [0.717, 1.165) is 17.8 Å². The van der Waals surface area contributed by atoms with Crippen molar-refractivity contribution in [3.63, 3.8) is 0 Å². The molecule has 5 rings (SSSR count). The molecule has 0 aromatic heterocycles. The predicted molar refractivity (Wildman–Crippen MR) is 140 cm³/mol. The van der Waals surface area contributed by atoms with Crippen LogP contribution in [0.2, 0.25) is 0 Å². The van der Waals surface area contributed by atoms with Gasteiger partial charge < -0.3 is 21.1 Å². The Morgan fingerprint density at radius 3 is 1.63 bits per heavy atom. The van der Waals surface area contributed by atoms with Gasteiger partial charge in [0.05, 0.1) is 33.6 Å². The van der Waals surface area contributed by atoms with Crippen LogP contribution in [-0.4, -0.2) is 23.2 Å². The molecule has 1 aliphatic carbocycles. The van der Waals surface area contributed by atoms with Gasteiger partial charge in [-0.15, -0.1) is 0 Å². The molecule has 0 bridgehead atoms. The topological polar surface area (TPSA) is 90.5 Å². The van der Waals surface area contributed by atoms with Crippen LogP contribution in [0, 0.1) is 0 Å². The fourth-order valence-electron chi connectivity index (χ4n) is 4.35. The first-order valence-electron chi connectivity index (χ1n) is 11.6. The van der Waals surface area contributed by atoms with Gasteiger partial charge in [0.15, 0.2) is 11.6 Å². The minimum absolute atomic E-state index is 0.0137. The van der Waals surface area contributed by atoms with E-state index in [4.69, 9.17) is 0 Å². The third kappa shape index (κ3) is 4.10. The number of ketones is 2. The first-order chi connectivity index (χ1) is 17.1. The molecule has 0 radical (unpaired) electrons. The fourth-order valence-corrected chi connectivity index (χ4v) is 4.35. The summed E-state index contributed by atoms with van der Waals surface area (Å²) in [6.07, 6.45) is 0.855. The van der Waals surface area contributed by atoms with Crippen molar-refractivity contribution >= 4 is 40.0 Å². The highest BCUT2D eigenvalue weighted by molar-refractivity contribution is 6.34. The fraction of sp³-hybridized carbons (Fsp3) is 0.103. The molecule has 4 aromatic rings. The zero-order valence-electron chi connectivity index (χ0n) is 19.3. The van der Waals surface area contributed by atoms with E-state index in [1.165, 1.54) is 6.07 Å². The van der Waals surface area contributed by atoms with Crippen molar-refractivity contribution in [2.75, 3.05) is 22.5 Å². The molecule has 0 spiro atoms.